The van der Waals surface area contributed by atoms with Crippen LogP contribution in [0.4, 0.5) is 0 Å². The lowest BCUT2D eigenvalue weighted by molar-refractivity contribution is 0.0896. The molecule has 110 valence electrons. The van der Waals surface area contributed by atoms with Gasteiger partial charge in [-0.3, -0.25) is 0 Å². The Bertz CT molecular complexity index is 207. The molecule has 0 aromatic rings. The molecular formula is C16H34ClN. The van der Waals surface area contributed by atoms with Gasteiger partial charge in [-0.05, 0) is 24.2 Å². The zero-order chi connectivity index (χ0) is 12.7. The molecule has 0 spiro atoms. The largest absolute Gasteiger partial charge is 0.327 e. The highest BCUT2D eigenvalue weighted by Gasteiger charge is 2.38. The Kier molecular flexibility index (Phi) is 9.33. The van der Waals surface area contributed by atoms with Crippen LogP contribution in [0.1, 0.15) is 85.0 Å². The van der Waals surface area contributed by atoms with E-state index in [0.717, 1.165) is 5.92 Å². The molecule has 0 amide bonds. The van der Waals surface area contributed by atoms with Crippen LogP contribution in [0.15, 0.2) is 0 Å². The van der Waals surface area contributed by atoms with Gasteiger partial charge in [0.1, 0.15) is 0 Å². The normalized spacial score (nSPS) is 29.7. The second kappa shape index (κ2) is 9.20. The van der Waals surface area contributed by atoms with Crippen LogP contribution < -0.4 is 5.73 Å². The standard InChI is InChI=1S/C16H33N.ClH/c1-4-5-6-7-8-12-15(17)16(3)13-10-9-11-14(16)2;/h14-15H,4-13,17H2,1-3H3;1H. The smallest absolute Gasteiger partial charge is 0.00954 e. The fraction of sp³-hybridized carbons (Fsp3) is 1.00. The summed E-state index contributed by atoms with van der Waals surface area (Å²) in [5, 5.41) is 0. The van der Waals surface area contributed by atoms with E-state index in [1.807, 2.05) is 0 Å². The summed E-state index contributed by atoms with van der Waals surface area (Å²) >= 11 is 0. The lowest BCUT2D eigenvalue weighted by Gasteiger charge is -2.44. The summed E-state index contributed by atoms with van der Waals surface area (Å²) < 4.78 is 0. The summed E-state index contributed by atoms with van der Waals surface area (Å²) in [6, 6.07) is 0.430. The van der Waals surface area contributed by atoms with Gasteiger partial charge in [0, 0.05) is 6.04 Å². The van der Waals surface area contributed by atoms with Crippen molar-refractivity contribution < 1.29 is 0 Å². The topological polar surface area (TPSA) is 26.0 Å². The summed E-state index contributed by atoms with van der Waals surface area (Å²) in [4.78, 5) is 0. The first-order chi connectivity index (χ1) is 8.11. The van der Waals surface area contributed by atoms with Crippen LogP contribution in [0, 0.1) is 11.3 Å². The molecule has 0 radical (unpaired) electrons. The molecule has 3 unspecified atom stereocenters. The Labute approximate surface area is 121 Å². The molecule has 0 aromatic carbocycles. The van der Waals surface area contributed by atoms with Gasteiger partial charge < -0.3 is 5.73 Å². The van der Waals surface area contributed by atoms with E-state index in [-0.39, 0.29) is 12.4 Å². The van der Waals surface area contributed by atoms with Gasteiger partial charge in [0.2, 0.25) is 0 Å². The summed E-state index contributed by atoms with van der Waals surface area (Å²) in [5.74, 6) is 0.821. The van der Waals surface area contributed by atoms with Crippen LogP contribution in [-0.4, -0.2) is 6.04 Å². The first-order valence-corrected chi connectivity index (χ1v) is 7.87. The Morgan fingerprint density at radius 3 is 2.44 bits per heavy atom. The molecular weight excluding hydrogens is 242 g/mol. The number of unbranched alkanes of at least 4 members (excludes halogenated alkanes) is 4. The molecule has 1 aliphatic carbocycles. The number of rotatable bonds is 7. The second-order valence-electron chi connectivity index (χ2n) is 6.46. The molecule has 1 rings (SSSR count). The van der Waals surface area contributed by atoms with Crippen molar-refractivity contribution in [2.24, 2.45) is 17.1 Å². The molecule has 2 N–H and O–H groups in total. The number of hydrogen-bond donors (Lipinski definition) is 1. The molecule has 2 heteroatoms. The molecule has 1 nitrogen and oxygen atoms in total. The van der Waals surface area contributed by atoms with Gasteiger partial charge in [-0.1, -0.05) is 72.1 Å². The molecule has 0 aliphatic heterocycles. The van der Waals surface area contributed by atoms with Crippen LogP contribution in [0.3, 0.4) is 0 Å². The van der Waals surface area contributed by atoms with Crippen molar-refractivity contribution in [3.63, 3.8) is 0 Å². The summed E-state index contributed by atoms with van der Waals surface area (Å²) in [5.41, 5.74) is 6.91. The van der Waals surface area contributed by atoms with Crippen LogP contribution in [0.2, 0.25) is 0 Å². The quantitative estimate of drug-likeness (QED) is 0.626. The fourth-order valence-corrected chi connectivity index (χ4v) is 3.38. The minimum Gasteiger partial charge on any atom is -0.327 e. The van der Waals surface area contributed by atoms with Crippen molar-refractivity contribution in [2.45, 2.75) is 91.0 Å². The highest BCUT2D eigenvalue weighted by atomic mass is 35.5. The Balaban J connectivity index is 0.00000289. The van der Waals surface area contributed by atoms with E-state index in [2.05, 4.69) is 20.8 Å². The first kappa shape index (κ1) is 18.2. The van der Waals surface area contributed by atoms with Gasteiger partial charge in [-0.15, -0.1) is 12.4 Å². The maximum absolute atomic E-state index is 6.49. The SMILES string of the molecule is CCCCCCCC(N)C1(C)CCCCC1C.Cl. The highest BCUT2D eigenvalue weighted by Crippen LogP contribution is 2.43. The van der Waals surface area contributed by atoms with Crippen LogP contribution in [0.5, 0.6) is 0 Å². The van der Waals surface area contributed by atoms with E-state index in [1.165, 1.54) is 64.2 Å². The monoisotopic (exact) mass is 275 g/mol. The van der Waals surface area contributed by atoms with Crippen molar-refractivity contribution >= 4 is 12.4 Å². The highest BCUT2D eigenvalue weighted by molar-refractivity contribution is 5.85. The van der Waals surface area contributed by atoms with Crippen molar-refractivity contribution in [2.75, 3.05) is 0 Å². The predicted molar refractivity (Wildman–Crippen MR) is 84.3 cm³/mol. The predicted octanol–water partition coefficient (Wildman–Crippen LogP) is 5.31. The maximum Gasteiger partial charge on any atom is 0.00954 e. The van der Waals surface area contributed by atoms with Gasteiger partial charge in [-0.25, -0.2) is 0 Å². The third-order valence-corrected chi connectivity index (χ3v) is 5.19. The van der Waals surface area contributed by atoms with Crippen LogP contribution >= 0.6 is 12.4 Å². The van der Waals surface area contributed by atoms with Crippen molar-refractivity contribution in [3.8, 4) is 0 Å². The van der Waals surface area contributed by atoms with Gasteiger partial charge >= 0.3 is 0 Å². The van der Waals surface area contributed by atoms with E-state index in [1.54, 1.807) is 0 Å². The molecule has 0 heterocycles. The third-order valence-electron chi connectivity index (χ3n) is 5.19. The maximum atomic E-state index is 6.49. The molecule has 18 heavy (non-hydrogen) atoms. The number of nitrogens with two attached hydrogens (primary N) is 1. The average Bonchev–Trinajstić information content (AvgIpc) is 2.32. The van der Waals surface area contributed by atoms with Gasteiger partial charge in [0.25, 0.3) is 0 Å². The second-order valence-corrected chi connectivity index (χ2v) is 6.46. The van der Waals surface area contributed by atoms with Gasteiger partial charge in [0.05, 0.1) is 0 Å². The minimum absolute atomic E-state index is 0. The van der Waals surface area contributed by atoms with E-state index < -0.39 is 0 Å². The van der Waals surface area contributed by atoms with Crippen LogP contribution in [-0.2, 0) is 0 Å². The lowest BCUT2D eigenvalue weighted by atomic mass is 9.63. The summed E-state index contributed by atoms with van der Waals surface area (Å²) in [6.07, 6.45) is 13.6. The van der Waals surface area contributed by atoms with Crippen molar-refractivity contribution in [1.29, 1.82) is 0 Å². The fourth-order valence-electron chi connectivity index (χ4n) is 3.38. The van der Waals surface area contributed by atoms with Crippen molar-refractivity contribution in [3.05, 3.63) is 0 Å². The number of hydrogen-bond acceptors (Lipinski definition) is 1. The van der Waals surface area contributed by atoms with E-state index in [0.29, 0.717) is 11.5 Å². The molecule has 0 saturated heterocycles. The first-order valence-electron chi connectivity index (χ1n) is 7.87. The Hall–Kier alpha value is 0.250. The molecule has 3 atom stereocenters. The van der Waals surface area contributed by atoms with Gasteiger partial charge in [-0.2, -0.15) is 0 Å². The molecule has 0 aromatic heterocycles. The summed E-state index contributed by atoms with van der Waals surface area (Å²) in [6.45, 7) is 7.13. The third kappa shape index (κ3) is 5.09. The zero-order valence-electron chi connectivity index (χ0n) is 12.7. The summed E-state index contributed by atoms with van der Waals surface area (Å²) in [7, 11) is 0. The van der Waals surface area contributed by atoms with E-state index in [9.17, 15) is 0 Å². The van der Waals surface area contributed by atoms with Gasteiger partial charge in [0.15, 0.2) is 0 Å². The Morgan fingerprint density at radius 2 is 1.83 bits per heavy atom. The Morgan fingerprint density at radius 1 is 1.17 bits per heavy atom. The molecule has 0 bridgehead atoms. The molecule has 1 fully saturated rings. The molecule has 1 saturated carbocycles. The van der Waals surface area contributed by atoms with E-state index in [4.69, 9.17) is 5.73 Å². The lowest BCUT2D eigenvalue weighted by Crippen LogP contribution is -2.45. The zero-order valence-corrected chi connectivity index (χ0v) is 13.5. The minimum atomic E-state index is 0. The van der Waals surface area contributed by atoms with Crippen molar-refractivity contribution in [1.82, 2.24) is 0 Å². The van der Waals surface area contributed by atoms with Crippen LogP contribution in [0.25, 0.3) is 0 Å². The average molecular weight is 276 g/mol. The molecule has 1 aliphatic rings. The number of halogens is 1. The van der Waals surface area contributed by atoms with E-state index >= 15 is 0 Å².